The van der Waals surface area contributed by atoms with Crippen molar-refractivity contribution in [3.05, 3.63) is 291 Å². The highest BCUT2D eigenvalue weighted by molar-refractivity contribution is 6.07. The molecule has 2 N–H and O–H groups in total. The highest BCUT2D eigenvalue weighted by atomic mass is 17.0. The highest BCUT2D eigenvalue weighted by Crippen LogP contribution is 2.38. The number of esters is 9. The van der Waals surface area contributed by atoms with E-state index in [1.54, 1.807) is 103 Å². The molecule has 682 valence electrons. The van der Waals surface area contributed by atoms with Gasteiger partial charge >= 0.3 is 53.7 Å². The summed E-state index contributed by atoms with van der Waals surface area (Å²) in [6.07, 6.45) is -9.53. The van der Waals surface area contributed by atoms with Gasteiger partial charge in [-0.3, -0.25) is 24.0 Å². The number of rotatable bonds is 26. The largest absolute Gasteiger partial charge is 0.507 e. The number of para-hydroxylation sites is 2. The molecule has 1 aromatic heterocycles. The maximum atomic E-state index is 12.7. The summed E-state index contributed by atoms with van der Waals surface area (Å²) in [5, 5.41) is 28.8. The first-order chi connectivity index (χ1) is 62.1. The molecule has 8 fully saturated rings. The number of H-pyrrole nitrogens is 1. The fraction of sp³-hybridized carbons (Fsp3) is 0.344. The maximum Gasteiger partial charge on any atom is 0.344 e. The summed E-state index contributed by atoms with van der Waals surface area (Å²) in [5.74, 6) is -6.97. The van der Waals surface area contributed by atoms with Crippen LogP contribution in [0.5, 0.6) is 11.5 Å². The van der Waals surface area contributed by atoms with Crippen molar-refractivity contribution in [1.29, 1.82) is 0 Å². The standard InChI is InChI=1S/2C23H21NO10.C22H20O8.C21H19NO9.CH4/c1-13(25)16-7-2-3-8-17(16)23(27)34-19-12-31-20-18(11-30-21(19)20)33-22(26)15-6-4-5-14(9-15)10-32-24(28)29;1-13(25)15-7-4-5-9-17(15)23(27)34-19-12-31-20-18(11-30-21(19)20)33-22(26)16-8-3-2-6-14(16)10-32-24(28)29;1-12(23)13-6-2-3-7-14(13)21(25)29-17-10-27-20-18(11-28-19(17)20)30-22(26)15-8-4-5-9-16(15)24;1-11(23)29-14-7-3-2-5-12(14)20(25)30-15-9-27-18-16(10-28-17(15)18)31-21(26)13-6-4-8-22-19(13)24;/h2*2-9,18-21H,10-12H2,1H3;2-9,17-20,24H,10-11H2,1H3;2-8,15-18H,9-10H2,1H3,(H,22,24);1H4/t2*18-,19+,20-,21-;17-,18+,19+,20+;15-,16+,17+,18+;/m1100./s1. The van der Waals surface area contributed by atoms with Crippen LogP contribution in [-0.4, -0.2) is 242 Å². The smallest absolute Gasteiger partial charge is 0.344 e. The number of aromatic amines is 1. The number of hydrogen-bond acceptors (Lipinski definition) is 37. The molecule has 0 spiro atoms. The summed E-state index contributed by atoms with van der Waals surface area (Å²) in [6.45, 7) is 5.01. The number of fused-ring (bicyclic) bond motifs is 4. The Labute approximate surface area is 737 Å². The van der Waals surface area contributed by atoms with Gasteiger partial charge in [-0.25, -0.2) is 38.4 Å². The lowest BCUT2D eigenvalue weighted by molar-refractivity contribution is -0.763. The zero-order valence-corrected chi connectivity index (χ0v) is 68.7. The zero-order valence-electron chi connectivity index (χ0n) is 68.7. The van der Waals surface area contributed by atoms with Crippen molar-refractivity contribution in [2.75, 3.05) is 52.9 Å². The van der Waals surface area contributed by atoms with Gasteiger partial charge in [0.1, 0.15) is 90.2 Å². The molecule has 8 aromatic rings. The quantitative estimate of drug-likeness (QED) is 0.0130. The molecule has 40 nitrogen and oxygen atoms in total. The molecule has 0 unspecified atom stereocenters. The molecule has 0 radical (unpaired) electrons. The molecule has 130 heavy (non-hydrogen) atoms. The van der Waals surface area contributed by atoms with E-state index in [4.69, 9.17) is 80.5 Å². The monoisotopic (exact) mass is 1800 g/mol. The van der Waals surface area contributed by atoms with Crippen LogP contribution < -0.4 is 10.3 Å². The minimum absolute atomic E-state index is 0. The lowest BCUT2D eigenvalue weighted by Gasteiger charge is -2.18. The predicted octanol–water partition coefficient (Wildman–Crippen LogP) is 7.92. The number of ether oxygens (including phenoxy) is 17. The summed E-state index contributed by atoms with van der Waals surface area (Å²) in [4.78, 5) is 191. The number of ketones is 3. The Morgan fingerprint density at radius 1 is 0.346 bits per heavy atom. The molecule has 7 aromatic carbocycles. The van der Waals surface area contributed by atoms with Crippen LogP contribution in [0.1, 0.15) is 160 Å². The first kappa shape index (κ1) is 94.7. The molecule has 16 rings (SSSR count). The Bertz CT molecular complexity index is 5640. The molecular weight excluding hydrogens is 1710 g/mol. The van der Waals surface area contributed by atoms with E-state index in [1.165, 1.54) is 113 Å². The first-order valence-electron chi connectivity index (χ1n) is 39.9. The Balaban J connectivity index is 0.000000157. The summed E-state index contributed by atoms with van der Waals surface area (Å²) < 4.78 is 94.6. The second kappa shape index (κ2) is 43.4. The second-order valence-corrected chi connectivity index (χ2v) is 29.6. The van der Waals surface area contributed by atoms with Crippen LogP contribution in [0.4, 0.5) is 0 Å². The number of carbonyl (C=O) groups is 12. The lowest BCUT2D eigenvalue weighted by atomic mass is 10.0. The number of Topliss-reactive ketones (excluding diaryl/α,β-unsaturated/α-hetero) is 3. The van der Waals surface area contributed by atoms with E-state index in [0.29, 0.717) is 11.1 Å². The van der Waals surface area contributed by atoms with Gasteiger partial charge in [0.2, 0.25) is 0 Å². The van der Waals surface area contributed by atoms with E-state index in [-0.39, 0.29) is 157 Å². The van der Waals surface area contributed by atoms with Crippen molar-refractivity contribution in [2.24, 2.45) is 0 Å². The van der Waals surface area contributed by atoms with Crippen molar-refractivity contribution in [1.82, 2.24) is 4.98 Å². The summed E-state index contributed by atoms with van der Waals surface area (Å²) >= 11 is 0. The van der Waals surface area contributed by atoms with Crippen LogP contribution in [-0.2, 0) is 103 Å². The van der Waals surface area contributed by atoms with E-state index >= 15 is 0 Å². The minimum Gasteiger partial charge on any atom is -0.507 e. The normalized spacial score (nSPS) is 23.6. The molecule has 8 aliphatic rings. The predicted molar refractivity (Wildman–Crippen MR) is 437 cm³/mol. The molecule has 8 aliphatic heterocycles. The number of phenolic OH excluding ortho intramolecular Hbond substituents is 1. The summed E-state index contributed by atoms with van der Waals surface area (Å²) in [6, 6.07) is 46.5. The van der Waals surface area contributed by atoms with Gasteiger partial charge in [0.15, 0.2) is 66.2 Å². The third-order valence-corrected chi connectivity index (χ3v) is 21.1. The molecule has 0 amide bonds. The van der Waals surface area contributed by atoms with Crippen molar-refractivity contribution in [3.8, 4) is 11.5 Å². The fourth-order valence-corrected chi connectivity index (χ4v) is 15.0. The van der Waals surface area contributed by atoms with Gasteiger partial charge in [-0.2, -0.15) is 0 Å². The van der Waals surface area contributed by atoms with E-state index in [0.717, 1.165) is 0 Å². The van der Waals surface area contributed by atoms with Gasteiger partial charge in [-0.1, -0.05) is 117 Å². The highest BCUT2D eigenvalue weighted by Gasteiger charge is 2.56. The molecular formula is C90H85N3O37. The number of aromatic hydroxyl groups is 1. The van der Waals surface area contributed by atoms with Crippen LogP contribution in [0.15, 0.2) is 193 Å². The molecule has 16 atom stereocenters. The number of hydrogen-bond donors (Lipinski definition) is 2. The molecule has 0 aliphatic carbocycles. The number of benzene rings is 7. The lowest BCUT2D eigenvalue weighted by Crippen LogP contribution is -2.36. The maximum absolute atomic E-state index is 12.7. The average molecular weight is 1800 g/mol. The van der Waals surface area contributed by atoms with E-state index in [9.17, 15) is 87.7 Å². The Kier molecular flexibility index (Phi) is 31.6. The van der Waals surface area contributed by atoms with E-state index < -0.39 is 174 Å². The SMILES string of the molecule is C.CC(=O)Oc1ccccc1C(=O)O[C@H]1CO[C@H]2[C@@H]1OC[C@H]2OC(=O)c1ccc[nH]c1=O.CC(=O)c1ccccc1C(=O)O[C@H]1CO[C@H]2[C@@H]1OC[C@H]2OC(=O)c1cccc(CO[N+](=O)[O-])c1.CC(=O)c1ccccc1C(=O)O[C@H]1CO[C@H]2[C@@H]1OC[C@H]2OC(=O)c1ccccc1CO[N+](=O)[O-].CC(=O)c1ccccc1C(=O)O[C@H]1CO[C@H]2[C@@H]1OC[C@H]2OC(=O)c1ccccc1O. The van der Waals surface area contributed by atoms with Crippen molar-refractivity contribution in [2.45, 2.75) is 146 Å². The first-order valence-corrected chi connectivity index (χ1v) is 39.9. The summed E-state index contributed by atoms with van der Waals surface area (Å²) in [7, 11) is 0. The third kappa shape index (κ3) is 22.9. The van der Waals surface area contributed by atoms with Gasteiger partial charge in [0, 0.05) is 29.8 Å². The summed E-state index contributed by atoms with van der Waals surface area (Å²) in [5.41, 5.74) is 1.74. The van der Waals surface area contributed by atoms with Crippen molar-refractivity contribution < 1.29 is 163 Å². The van der Waals surface area contributed by atoms with Crippen LogP contribution in [0.25, 0.3) is 0 Å². The van der Waals surface area contributed by atoms with Crippen LogP contribution in [0, 0.1) is 20.2 Å². The third-order valence-electron chi connectivity index (χ3n) is 21.1. The number of nitrogens with one attached hydrogen (secondary N) is 1. The Hall–Kier alpha value is -14.4. The van der Waals surface area contributed by atoms with Gasteiger partial charge in [0.05, 0.1) is 80.7 Å². The van der Waals surface area contributed by atoms with Gasteiger partial charge in [-0.05, 0) is 105 Å². The van der Waals surface area contributed by atoms with Crippen LogP contribution in [0.3, 0.4) is 0 Å². The van der Waals surface area contributed by atoms with E-state index in [2.05, 4.69) is 14.7 Å². The second-order valence-electron chi connectivity index (χ2n) is 29.6. The Morgan fingerprint density at radius 3 is 1.00 bits per heavy atom. The molecule has 8 saturated heterocycles. The topological polar surface area (TPSA) is 520 Å². The minimum atomic E-state index is -0.944. The number of aromatic nitrogens is 1. The van der Waals surface area contributed by atoms with Crippen LogP contribution in [0.2, 0.25) is 0 Å². The van der Waals surface area contributed by atoms with E-state index in [1.807, 2.05) is 0 Å². The molecule has 0 saturated carbocycles. The van der Waals surface area contributed by atoms with Gasteiger partial charge in [-0.15, -0.1) is 20.2 Å². The fourth-order valence-electron chi connectivity index (χ4n) is 15.0. The zero-order chi connectivity index (χ0) is 91.7. The number of pyridine rings is 1. The average Bonchev–Trinajstić information content (AvgIpc) is 1.65. The molecule has 0 bridgehead atoms. The number of nitrogens with zero attached hydrogens (tertiary/aromatic N) is 2. The Morgan fingerprint density at radius 2 is 0.638 bits per heavy atom. The van der Waals surface area contributed by atoms with Crippen molar-refractivity contribution >= 4 is 71.1 Å². The number of carbonyl (C=O) groups excluding carboxylic acids is 12. The van der Waals surface area contributed by atoms with Gasteiger partial charge < -0.3 is 100 Å². The van der Waals surface area contributed by atoms with Gasteiger partial charge in [0.25, 0.3) is 15.7 Å². The van der Waals surface area contributed by atoms with Crippen molar-refractivity contribution in [3.63, 3.8) is 0 Å². The number of phenols is 1. The molecule has 40 heteroatoms. The molecule has 9 heterocycles. The van der Waals surface area contributed by atoms with Crippen LogP contribution >= 0.6 is 0 Å².